The molecular formula is C26H27NO6. The molecule has 2 saturated heterocycles. The van der Waals surface area contributed by atoms with E-state index in [1.807, 2.05) is 66.7 Å². The third kappa shape index (κ3) is 4.31. The fourth-order valence-electron chi connectivity index (χ4n) is 5.01. The summed E-state index contributed by atoms with van der Waals surface area (Å²) in [5.41, 5.74) is 2.01. The van der Waals surface area contributed by atoms with Crippen LogP contribution in [0, 0.1) is 17.8 Å². The zero-order valence-corrected chi connectivity index (χ0v) is 18.4. The first-order valence-corrected chi connectivity index (χ1v) is 11.2. The Morgan fingerprint density at radius 1 is 0.848 bits per heavy atom. The Hall–Kier alpha value is -3.00. The third-order valence-corrected chi connectivity index (χ3v) is 6.61. The number of nitrogens with one attached hydrogen (secondary N) is 1. The first-order valence-electron chi connectivity index (χ1n) is 11.2. The summed E-state index contributed by atoms with van der Waals surface area (Å²) < 4.78 is 24.6. The van der Waals surface area contributed by atoms with Gasteiger partial charge >= 0.3 is 0 Å². The lowest BCUT2D eigenvalue weighted by molar-refractivity contribution is -0.260. The summed E-state index contributed by atoms with van der Waals surface area (Å²) in [6.07, 6.45) is 0.508. The topological polar surface area (TPSA) is 83.1 Å². The van der Waals surface area contributed by atoms with Gasteiger partial charge in [-0.15, -0.1) is 0 Å². The Morgan fingerprint density at radius 2 is 1.45 bits per heavy atom. The van der Waals surface area contributed by atoms with Crippen LogP contribution in [0.15, 0.2) is 72.5 Å². The van der Waals surface area contributed by atoms with Crippen LogP contribution in [0.3, 0.4) is 0 Å². The number of imide groups is 1. The van der Waals surface area contributed by atoms with Gasteiger partial charge in [0, 0.05) is 7.11 Å². The number of amides is 2. The van der Waals surface area contributed by atoms with Crippen LogP contribution in [-0.4, -0.2) is 37.4 Å². The van der Waals surface area contributed by atoms with E-state index in [-0.39, 0.29) is 11.8 Å². The summed E-state index contributed by atoms with van der Waals surface area (Å²) >= 11 is 0. The molecule has 6 atom stereocenters. The van der Waals surface area contributed by atoms with Gasteiger partial charge in [0.1, 0.15) is 18.0 Å². The molecule has 172 valence electrons. The van der Waals surface area contributed by atoms with Gasteiger partial charge in [0.25, 0.3) is 0 Å². The Labute approximate surface area is 192 Å². The largest absolute Gasteiger partial charge is 0.466 e. The molecule has 1 N–H and O–H groups in total. The van der Waals surface area contributed by atoms with Crippen LogP contribution in [0.2, 0.25) is 0 Å². The van der Waals surface area contributed by atoms with E-state index in [4.69, 9.17) is 18.9 Å². The fraction of sp³-hybridized carbons (Fsp3) is 0.385. The number of carbonyl (C=O) groups is 2. The molecule has 2 aliphatic heterocycles. The molecule has 2 aromatic rings. The van der Waals surface area contributed by atoms with Crippen LogP contribution >= 0.6 is 0 Å². The van der Waals surface area contributed by atoms with Crippen LogP contribution in [0.5, 0.6) is 0 Å². The summed E-state index contributed by atoms with van der Waals surface area (Å²) in [4.78, 5) is 25.2. The van der Waals surface area contributed by atoms with Crippen LogP contribution in [0.1, 0.15) is 17.5 Å². The van der Waals surface area contributed by atoms with Crippen molar-refractivity contribution in [1.29, 1.82) is 0 Å². The van der Waals surface area contributed by atoms with Crippen molar-refractivity contribution < 1.29 is 28.5 Å². The van der Waals surface area contributed by atoms with E-state index in [0.717, 1.165) is 11.1 Å². The standard InChI is InChI=1S/C26H27NO6/c1-30-26-23(32-15-17-10-6-3-7-11-17)22(31-14-16-8-4-2-5-9-16)21-19(33-26)13-12-18-20(21)25(29)27-24(18)28/h2-11,13,18,20-23,26H,12,14-15H2,1H3,(H,27,28,29)/t18-,20+,21+,22-,23-,26+/m1/s1. The highest BCUT2D eigenvalue weighted by Crippen LogP contribution is 2.46. The number of ether oxygens (including phenoxy) is 4. The number of rotatable bonds is 7. The summed E-state index contributed by atoms with van der Waals surface area (Å²) in [7, 11) is 1.57. The van der Waals surface area contributed by atoms with E-state index < -0.39 is 36.3 Å². The molecule has 0 radical (unpaired) electrons. The van der Waals surface area contributed by atoms with Crippen molar-refractivity contribution in [2.24, 2.45) is 17.8 Å². The molecule has 0 aromatic heterocycles. The van der Waals surface area contributed by atoms with Gasteiger partial charge in [-0.1, -0.05) is 60.7 Å². The molecule has 33 heavy (non-hydrogen) atoms. The van der Waals surface area contributed by atoms with Gasteiger partial charge in [-0.3, -0.25) is 14.9 Å². The molecule has 0 bridgehead atoms. The summed E-state index contributed by atoms with van der Waals surface area (Å²) in [6.45, 7) is 0.675. The van der Waals surface area contributed by atoms with Crippen molar-refractivity contribution in [2.45, 2.75) is 38.1 Å². The Balaban J connectivity index is 1.46. The molecule has 7 heteroatoms. The Morgan fingerprint density at radius 3 is 2.06 bits per heavy atom. The van der Waals surface area contributed by atoms with Crippen LogP contribution < -0.4 is 5.32 Å². The lowest BCUT2D eigenvalue weighted by atomic mass is 9.71. The molecule has 2 amide bonds. The molecule has 2 aromatic carbocycles. The second-order valence-corrected chi connectivity index (χ2v) is 8.60. The maximum absolute atomic E-state index is 12.8. The van der Waals surface area contributed by atoms with Crippen LogP contribution in [0.4, 0.5) is 0 Å². The second kappa shape index (κ2) is 9.47. The molecule has 2 fully saturated rings. The first-order chi connectivity index (χ1) is 16.2. The maximum atomic E-state index is 12.8. The molecule has 0 spiro atoms. The van der Waals surface area contributed by atoms with E-state index in [1.165, 1.54) is 0 Å². The summed E-state index contributed by atoms with van der Waals surface area (Å²) in [6, 6.07) is 19.6. The molecular weight excluding hydrogens is 422 g/mol. The lowest BCUT2D eigenvalue weighted by Gasteiger charge is -2.46. The predicted molar refractivity (Wildman–Crippen MR) is 118 cm³/mol. The van der Waals surface area contributed by atoms with Crippen molar-refractivity contribution >= 4 is 11.8 Å². The van der Waals surface area contributed by atoms with E-state index in [0.29, 0.717) is 25.4 Å². The number of benzene rings is 2. The third-order valence-electron chi connectivity index (χ3n) is 6.61. The zero-order valence-electron chi connectivity index (χ0n) is 18.4. The van der Waals surface area contributed by atoms with Crippen molar-refractivity contribution in [3.05, 3.63) is 83.6 Å². The molecule has 2 heterocycles. The molecule has 5 rings (SSSR count). The molecule has 0 unspecified atom stereocenters. The fourth-order valence-corrected chi connectivity index (χ4v) is 5.01. The maximum Gasteiger partial charge on any atom is 0.231 e. The Bertz CT molecular complexity index is 1020. The lowest BCUT2D eigenvalue weighted by Crippen LogP contribution is -2.56. The number of hydrogen-bond acceptors (Lipinski definition) is 6. The normalized spacial score (nSPS) is 30.6. The highest BCUT2D eigenvalue weighted by Gasteiger charge is 2.57. The van der Waals surface area contributed by atoms with Crippen molar-refractivity contribution in [3.63, 3.8) is 0 Å². The molecule has 1 aliphatic carbocycles. The number of carbonyl (C=O) groups excluding carboxylic acids is 2. The van der Waals surface area contributed by atoms with Gasteiger partial charge in [0.05, 0.1) is 31.0 Å². The second-order valence-electron chi connectivity index (χ2n) is 8.60. The van der Waals surface area contributed by atoms with E-state index in [2.05, 4.69) is 5.32 Å². The molecule has 0 saturated carbocycles. The number of methoxy groups -OCH3 is 1. The highest BCUT2D eigenvalue weighted by molar-refractivity contribution is 6.05. The minimum atomic E-state index is -0.700. The van der Waals surface area contributed by atoms with Gasteiger partial charge < -0.3 is 18.9 Å². The average molecular weight is 450 g/mol. The number of allylic oxidation sites excluding steroid dienone is 1. The van der Waals surface area contributed by atoms with E-state index in [1.54, 1.807) is 7.11 Å². The van der Waals surface area contributed by atoms with Gasteiger partial charge in [-0.2, -0.15) is 0 Å². The zero-order chi connectivity index (χ0) is 22.8. The predicted octanol–water partition coefficient (Wildman–Crippen LogP) is 2.95. The quantitative estimate of drug-likeness (QED) is 0.655. The van der Waals surface area contributed by atoms with E-state index >= 15 is 0 Å². The molecule has 3 aliphatic rings. The molecule has 7 nitrogen and oxygen atoms in total. The van der Waals surface area contributed by atoms with Crippen molar-refractivity contribution in [2.75, 3.05) is 7.11 Å². The highest BCUT2D eigenvalue weighted by atomic mass is 16.7. The van der Waals surface area contributed by atoms with Gasteiger partial charge in [-0.05, 0) is 23.6 Å². The summed E-state index contributed by atoms with van der Waals surface area (Å²) in [5.74, 6) is -1.31. The minimum absolute atomic E-state index is 0.238. The average Bonchev–Trinajstić information content (AvgIpc) is 3.15. The van der Waals surface area contributed by atoms with Crippen molar-refractivity contribution in [3.8, 4) is 0 Å². The van der Waals surface area contributed by atoms with Gasteiger partial charge in [-0.25, -0.2) is 0 Å². The van der Waals surface area contributed by atoms with Crippen LogP contribution in [0.25, 0.3) is 0 Å². The minimum Gasteiger partial charge on any atom is -0.466 e. The van der Waals surface area contributed by atoms with E-state index in [9.17, 15) is 9.59 Å². The summed E-state index contributed by atoms with van der Waals surface area (Å²) in [5, 5.41) is 2.49. The SMILES string of the molecule is CO[C@H]1OC2=CC[C@H]3C(=O)NC(=O)[C@@H]3[C@H]2[C@@H](OCc2ccccc2)[C@H]1OCc1ccccc1. The van der Waals surface area contributed by atoms with Gasteiger partial charge in [0.15, 0.2) is 0 Å². The number of hydrogen-bond donors (Lipinski definition) is 1. The Kier molecular flexibility index (Phi) is 6.26. The van der Waals surface area contributed by atoms with Crippen molar-refractivity contribution in [1.82, 2.24) is 5.32 Å². The first kappa shape index (κ1) is 21.8. The van der Waals surface area contributed by atoms with Crippen LogP contribution in [-0.2, 0) is 41.8 Å². The van der Waals surface area contributed by atoms with Gasteiger partial charge in [0.2, 0.25) is 18.1 Å². The number of fused-ring (bicyclic) bond motifs is 3. The smallest absolute Gasteiger partial charge is 0.231 e. The monoisotopic (exact) mass is 449 g/mol.